The Kier molecular flexibility index (Phi) is 5.86. The zero-order valence-corrected chi connectivity index (χ0v) is 20.7. The summed E-state index contributed by atoms with van der Waals surface area (Å²) in [7, 11) is 0. The van der Waals surface area contributed by atoms with Crippen molar-refractivity contribution < 1.29 is 19.1 Å². The summed E-state index contributed by atoms with van der Waals surface area (Å²) in [4.78, 5) is 45.1. The monoisotopic (exact) mass is 477 g/mol. The molecule has 0 radical (unpaired) electrons. The summed E-state index contributed by atoms with van der Waals surface area (Å²) in [6.07, 6.45) is 2.45. The van der Waals surface area contributed by atoms with Gasteiger partial charge in [0.05, 0.1) is 12.0 Å². The van der Waals surface area contributed by atoms with Gasteiger partial charge in [0.2, 0.25) is 11.8 Å². The smallest absolute Gasteiger partial charge is 0.416 e. The molecule has 3 amide bonds. The average molecular weight is 478 g/mol. The SMILES string of the molecule is C=CC(=C)CC1COC(=O)N1C(=O)C1CN(Cc2ccccc2)CC12CN(C(=O)C1CC1(C)C)C2. The molecule has 1 aromatic rings. The van der Waals surface area contributed by atoms with E-state index in [1.54, 1.807) is 6.08 Å². The van der Waals surface area contributed by atoms with Crippen molar-refractivity contribution in [2.45, 2.75) is 39.3 Å². The molecule has 5 rings (SSSR count). The molecule has 3 saturated heterocycles. The Morgan fingerprint density at radius 2 is 1.80 bits per heavy atom. The molecule has 4 fully saturated rings. The number of benzene rings is 1. The van der Waals surface area contributed by atoms with Crippen LogP contribution in [0.4, 0.5) is 4.79 Å². The van der Waals surface area contributed by atoms with Crippen molar-refractivity contribution in [2.24, 2.45) is 22.7 Å². The Hall–Kier alpha value is -2.93. The molecule has 1 aromatic carbocycles. The maximum absolute atomic E-state index is 13.9. The van der Waals surface area contributed by atoms with Gasteiger partial charge in [-0.05, 0) is 23.8 Å². The van der Waals surface area contributed by atoms with E-state index in [-0.39, 0.29) is 47.1 Å². The third kappa shape index (κ3) is 4.31. The molecule has 1 spiro atoms. The third-order valence-electron chi connectivity index (χ3n) is 8.39. The van der Waals surface area contributed by atoms with Crippen molar-refractivity contribution in [1.82, 2.24) is 14.7 Å². The Morgan fingerprint density at radius 3 is 2.43 bits per heavy atom. The van der Waals surface area contributed by atoms with Crippen LogP contribution < -0.4 is 0 Å². The molecule has 0 aromatic heterocycles. The van der Waals surface area contributed by atoms with Crippen LogP contribution in [0.15, 0.2) is 55.1 Å². The molecule has 35 heavy (non-hydrogen) atoms. The Labute approximate surface area is 207 Å². The minimum Gasteiger partial charge on any atom is -0.447 e. The van der Waals surface area contributed by atoms with Gasteiger partial charge in [0.15, 0.2) is 0 Å². The molecule has 1 saturated carbocycles. The fourth-order valence-electron chi connectivity index (χ4n) is 6.11. The van der Waals surface area contributed by atoms with Crippen LogP contribution in [0.1, 0.15) is 32.3 Å². The minimum atomic E-state index is -0.583. The van der Waals surface area contributed by atoms with Gasteiger partial charge in [-0.15, -0.1) is 0 Å². The van der Waals surface area contributed by atoms with E-state index in [1.807, 2.05) is 23.1 Å². The first-order chi connectivity index (χ1) is 16.6. The summed E-state index contributed by atoms with van der Waals surface area (Å²) in [5, 5.41) is 0. The number of likely N-dealkylation sites (tertiary alicyclic amines) is 2. The molecule has 3 atom stereocenters. The van der Waals surface area contributed by atoms with Gasteiger partial charge in [0, 0.05) is 44.1 Å². The largest absolute Gasteiger partial charge is 0.447 e. The maximum Gasteiger partial charge on any atom is 0.416 e. The fraction of sp³-hybridized carbons (Fsp3) is 0.536. The highest BCUT2D eigenvalue weighted by molar-refractivity contribution is 5.96. The van der Waals surface area contributed by atoms with Crippen LogP contribution in [-0.4, -0.2) is 71.4 Å². The van der Waals surface area contributed by atoms with Crippen molar-refractivity contribution >= 4 is 17.9 Å². The van der Waals surface area contributed by atoms with E-state index in [1.165, 1.54) is 10.5 Å². The Morgan fingerprint density at radius 1 is 1.11 bits per heavy atom. The zero-order chi connectivity index (χ0) is 25.0. The first-order valence-corrected chi connectivity index (χ1v) is 12.5. The van der Waals surface area contributed by atoms with Crippen LogP contribution >= 0.6 is 0 Å². The van der Waals surface area contributed by atoms with Crippen LogP contribution in [0.2, 0.25) is 0 Å². The fourth-order valence-corrected chi connectivity index (χ4v) is 6.11. The molecule has 3 unspecified atom stereocenters. The number of cyclic esters (lactones) is 1. The van der Waals surface area contributed by atoms with Crippen LogP contribution in [0.25, 0.3) is 0 Å². The normalized spacial score (nSPS) is 28.5. The number of carbonyl (C=O) groups excluding carboxylic acids is 3. The number of rotatable bonds is 7. The van der Waals surface area contributed by atoms with E-state index in [0.29, 0.717) is 26.1 Å². The molecule has 186 valence electrons. The lowest BCUT2D eigenvalue weighted by atomic mass is 9.70. The molecule has 0 bridgehead atoms. The van der Waals surface area contributed by atoms with Gasteiger partial charge >= 0.3 is 6.09 Å². The first kappa shape index (κ1) is 23.8. The standard InChI is InChI=1S/C28H35N3O4/c1-5-19(2)11-21-15-35-26(34)31(21)25(33)23-14-29(13-20-9-7-6-8-10-20)16-28(23)17-30(18-28)24(32)22-12-27(22,3)4/h5-10,21-23H,1-2,11-18H2,3-4H3. The van der Waals surface area contributed by atoms with Crippen LogP contribution in [-0.2, 0) is 20.9 Å². The van der Waals surface area contributed by atoms with Crippen molar-refractivity contribution in [3.8, 4) is 0 Å². The van der Waals surface area contributed by atoms with Crippen molar-refractivity contribution in [1.29, 1.82) is 0 Å². The Bertz CT molecular complexity index is 1060. The van der Waals surface area contributed by atoms with Gasteiger partial charge in [-0.3, -0.25) is 14.5 Å². The number of hydrogen-bond donors (Lipinski definition) is 0. The number of carbonyl (C=O) groups is 3. The van der Waals surface area contributed by atoms with E-state index in [0.717, 1.165) is 25.1 Å². The second-order valence-corrected chi connectivity index (χ2v) is 11.5. The lowest BCUT2D eigenvalue weighted by molar-refractivity contribution is -0.154. The molecule has 3 heterocycles. The molecular formula is C28H35N3O4. The zero-order valence-electron chi connectivity index (χ0n) is 20.7. The molecular weight excluding hydrogens is 442 g/mol. The topological polar surface area (TPSA) is 70.2 Å². The maximum atomic E-state index is 13.9. The quantitative estimate of drug-likeness (QED) is 0.563. The van der Waals surface area contributed by atoms with Crippen molar-refractivity contribution in [2.75, 3.05) is 32.8 Å². The van der Waals surface area contributed by atoms with Crippen LogP contribution in [0, 0.1) is 22.7 Å². The van der Waals surface area contributed by atoms with Gasteiger partial charge in [0.25, 0.3) is 0 Å². The van der Waals surface area contributed by atoms with Crippen LogP contribution in [0.5, 0.6) is 0 Å². The number of ether oxygens (including phenoxy) is 1. The highest BCUT2D eigenvalue weighted by Crippen LogP contribution is 2.55. The van der Waals surface area contributed by atoms with Gasteiger partial charge in [-0.1, -0.05) is 69.0 Å². The molecule has 7 nitrogen and oxygen atoms in total. The lowest BCUT2D eigenvalue weighted by Gasteiger charge is -2.51. The van der Waals surface area contributed by atoms with E-state index in [9.17, 15) is 14.4 Å². The summed E-state index contributed by atoms with van der Waals surface area (Å²) in [6, 6.07) is 9.83. The van der Waals surface area contributed by atoms with E-state index in [2.05, 4.69) is 44.0 Å². The van der Waals surface area contributed by atoms with Crippen LogP contribution in [0.3, 0.4) is 0 Å². The van der Waals surface area contributed by atoms with E-state index in [4.69, 9.17) is 4.74 Å². The van der Waals surface area contributed by atoms with Crippen molar-refractivity contribution in [3.05, 3.63) is 60.7 Å². The summed E-state index contributed by atoms with van der Waals surface area (Å²) in [6.45, 7) is 15.3. The average Bonchev–Trinajstić information content (AvgIpc) is 3.11. The summed E-state index contributed by atoms with van der Waals surface area (Å²) >= 11 is 0. The molecule has 0 N–H and O–H groups in total. The summed E-state index contributed by atoms with van der Waals surface area (Å²) < 4.78 is 5.28. The van der Waals surface area contributed by atoms with E-state index < -0.39 is 6.09 Å². The van der Waals surface area contributed by atoms with Crippen molar-refractivity contribution in [3.63, 3.8) is 0 Å². The number of amides is 3. The predicted octanol–water partition coefficient (Wildman–Crippen LogP) is 3.47. The summed E-state index contributed by atoms with van der Waals surface area (Å²) in [5.74, 6) is -0.274. The third-order valence-corrected chi connectivity index (χ3v) is 8.39. The highest BCUT2D eigenvalue weighted by Gasteiger charge is 2.62. The minimum absolute atomic E-state index is 0.0736. The molecule has 4 aliphatic rings. The highest BCUT2D eigenvalue weighted by atomic mass is 16.6. The second-order valence-electron chi connectivity index (χ2n) is 11.5. The predicted molar refractivity (Wildman–Crippen MR) is 132 cm³/mol. The van der Waals surface area contributed by atoms with E-state index >= 15 is 0 Å². The first-order valence-electron chi connectivity index (χ1n) is 12.5. The van der Waals surface area contributed by atoms with Gasteiger partial charge < -0.3 is 9.64 Å². The Balaban J connectivity index is 1.35. The number of hydrogen-bond acceptors (Lipinski definition) is 5. The molecule has 7 heteroatoms. The van der Waals surface area contributed by atoms with Gasteiger partial charge in [0.1, 0.15) is 6.61 Å². The van der Waals surface area contributed by atoms with Gasteiger partial charge in [-0.25, -0.2) is 9.69 Å². The molecule has 1 aliphatic carbocycles. The lowest BCUT2D eigenvalue weighted by Crippen LogP contribution is -2.65. The second kappa shape index (κ2) is 8.63. The number of allylic oxidation sites excluding steroid dienone is 1. The van der Waals surface area contributed by atoms with Gasteiger partial charge in [-0.2, -0.15) is 0 Å². The molecule has 3 aliphatic heterocycles. The summed E-state index contributed by atoms with van der Waals surface area (Å²) in [5.41, 5.74) is 1.68. The number of nitrogens with zero attached hydrogens (tertiary/aromatic N) is 3. The number of imide groups is 1.